The van der Waals surface area contributed by atoms with Crippen LogP contribution in [-0.2, 0) is 14.8 Å². The van der Waals surface area contributed by atoms with Gasteiger partial charge in [-0.2, -0.15) is 0 Å². The van der Waals surface area contributed by atoms with E-state index in [1.807, 2.05) is 12.1 Å². The molecule has 0 radical (unpaired) electrons. The lowest BCUT2D eigenvalue weighted by Crippen LogP contribution is -2.50. The van der Waals surface area contributed by atoms with Gasteiger partial charge in [-0.1, -0.05) is 46.3 Å². The Hall–Kier alpha value is -1.84. The highest BCUT2D eigenvalue weighted by molar-refractivity contribution is 9.10. The fourth-order valence-electron chi connectivity index (χ4n) is 4.41. The smallest absolute Gasteiger partial charge is 0.226 e. The van der Waals surface area contributed by atoms with Gasteiger partial charge in [0.15, 0.2) is 0 Å². The molecule has 0 spiro atoms. The number of likely N-dealkylation sites (tertiary alicyclic amines) is 1. The van der Waals surface area contributed by atoms with E-state index >= 15 is 0 Å². The minimum Gasteiger partial charge on any atom is -0.341 e. The molecule has 3 atom stereocenters. The van der Waals surface area contributed by atoms with Gasteiger partial charge < -0.3 is 4.90 Å². The van der Waals surface area contributed by atoms with Gasteiger partial charge in [0, 0.05) is 25.0 Å². The van der Waals surface area contributed by atoms with E-state index < -0.39 is 21.7 Å². The SMILES string of the molecule is O=C(C1CC1c1ccccc1-c1c(F)cccc1F)N1CCC[C@H](NS(=O)(=O)CBr)C1. The van der Waals surface area contributed by atoms with Crippen LogP contribution in [-0.4, -0.2) is 43.0 Å². The number of amides is 1. The maximum atomic E-state index is 14.4. The second-order valence-corrected chi connectivity index (χ2v) is 11.2. The minimum absolute atomic E-state index is 0.0310. The molecule has 1 N–H and O–H groups in total. The lowest BCUT2D eigenvalue weighted by atomic mass is 9.95. The Bertz CT molecular complexity index is 1080. The highest BCUT2D eigenvalue weighted by Gasteiger charge is 2.47. The van der Waals surface area contributed by atoms with Crippen LogP contribution in [0.15, 0.2) is 42.5 Å². The quantitative estimate of drug-likeness (QED) is 0.595. The van der Waals surface area contributed by atoms with Gasteiger partial charge in [0.05, 0.1) is 5.56 Å². The number of rotatable bonds is 6. The van der Waals surface area contributed by atoms with Gasteiger partial charge in [-0.15, -0.1) is 0 Å². The first kappa shape index (κ1) is 22.4. The fraction of sp³-hybridized carbons (Fsp3) is 0.409. The minimum atomic E-state index is -3.41. The lowest BCUT2D eigenvalue weighted by Gasteiger charge is -2.33. The summed E-state index contributed by atoms with van der Waals surface area (Å²) < 4.78 is 54.9. The van der Waals surface area contributed by atoms with Crippen LogP contribution in [0.25, 0.3) is 11.1 Å². The fourth-order valence-corrected chi connectivity index (χ4v) is 5.57. The summed E-state index contributed by atoms with van der Waals surface area (Å²) >= 11 is 2.96. The molecule has 5 nitrogen and oxygen atoms in total. The standard InChI is InChI=1S/C22H23BrF2N2O3S/c23-13-31(29,30)26-14-5-4-10-27(12-14)22(28)18-11-17(18)15-6-1-2-7-16(15)21-19(24)8-3-9-20(21)25/h1-3,6-9,14,17-18,26H,4-5,10-13H2/t14-,17?,18?/m0/s1. The van der Waals surface area contributed by atoms with Crippen molar-refractivity contribution in [3.05, 3.63) is 59.7 Å². The van der Waals surface area contributed by atoms with Crippen LogP contribution in [0.3, 0.4) is 0 Å². The van der Waals surface area contributed by atoms with Gasteiger partial charge in [-0.05, 0) is 48.4 Å². The average Bonchev–Trinajstić information content (AvgIpc) is 3.54. The van der Waals surface area contributed by atoms with Crippen molar-refractivity contribution in [1.29, 1.82) is 0 Å². The van der Waals surface area contributed by atoms with Crippen molar-refractivity contribution >= 4 is 31.9 Å². The third-order valence-electron chi connectivity index (χ3n) is 5.92. The van der Waals surface area contributed by atoms with Gasteiger partial charge in [0.25, 0.3) is 0 Å². The maximum absolute atomic E-state index is 14.4. The second-order valence-electron chi connectivity index (χ2n) is 8.10. The second kappa shape index (κ2) is 8.96. The Labute approximate surface area is 189 Å². The molecule has 166 valence electrons. The Balaban J connectivity index is 1.50. The Morgan fingerprint density at radius 2 is 1.84 bits per heavy atom. The average molecular weight is 513 g/mol. The van der Waals surface area contributed by atoms with Crippen LogP contribution in [0.2, 0.25) is 0 Å². The van der Waals surface area contributed by atoms with Crippen LogP contribution >= 0.6 is 15.9 Å². The van der Waals surface area contributed by atoms with Crippen LogP contribution in [0.1, 0.15) is 30.7 Å². The zero-order valence-corrected chi connectivity index (χ0v) is 19.1. The molecule has 1 aliphatic carbocycles. The Kier molecular flexibility index (Phi) is 6.46. The third-order valence-corrected chi connectivity index (χ3v) is 8.71. The zero-order chi connectivity index (χ0) is 22.2. The molecule has 1 saturated heterocycles. The number of carbonyl (C=O) groups is 1. The maximum Gasteiger partial charge on any atom is 0.226 e. The van der Waals surface area contributed by atoms with E-state index in [-0.39, 0.29) is 34.0 Å². The van der Waals surface area contributed by atoms with E-state index in [0.29, 0.717) is 31.5 Å². The molecular weight excluding hydrogens is 490 g/mol. The summed E-state index contributed by atoms with van der Waals surface area (Å²) in [7, 11) is -3.41. The van der Waals surface area contributed by atoms with Crippen LogP contribution in [0, 0.1) is 17.6 Å². The van der Waals surface area contributed by atoms with Crippen molar-refractivity contribution in [2.75, 3.05) is 17.8 Å². The number of sulfonamides is 1. The van der Waals surface area contributed by atoms with E-state index in [0.717, 1.165) is 12.0 Å². The molecule has 0 bridgehead atoms. The lowest BCUT2D eigenvalue weighted by molar-refractivity contribution is -0.133. The molecule has 2 unspecified atom stereocenters. The van der Waals surface area contributed by atoms with Crippen molar-refractivity contribution in [3.8, 4) is 11.1 Å². The van der Waals surface area contributed by atoms with E-state index in [4.69, 9.17) is 0 Å². The van der Waals surface area contributed by atoms with Crippen molar-refractivity contribution in [2.45, 2.75) is 31.2 Å². The van der Waals surface area contributed by atoms with Crippen LogP contribution < -0.4 is 4.72 Å². The number of nitrogens with zero attached hydrogens (tertiary/aromatic N) is 1. The summed E-state index contributed by atoms with van der Waals surface area (Å²) in [5.41, 5.74) is 1.16. The van der Waals surface area contributed by atoms with Crippen molar-refractivity contribution in [1.82, 2.24) is 9.62 Å². The van der Waals surface area contributed by atoms with Crippen molar-refractivity contribution in [3.63, 3.8) is 0 Å². The molecule has 2 aromatic rings. The van der Waals surface area contributed by atoms with Crippen LogP contribution in [0.5, 0.6) is 0 Å². The predicted octanol–water partition coefficient (Wildman–Crippen LogP) is 4.00. The largest absolute Gasteiger partial charge is 0.341 e. The number of carbonyl (C=O) groups excluding carboxylic acids is 1. The molecule has 2 aliphatic rings. The van der Waals surface area contributed by atoms with Crippen LogP contribution in [0.4, 0.5) is 8.78 Å². The number of halogens is 3. The van der Waals surface area contributed by atoms with Gasteiger partial charge in [0.1, 0.15) is 16.3 Å². The van der Waals surface area contributed by atoms with E-state index in [1.165, 1.54) is 18.2 Å². The summed E-state index contributed by atoms with van der Waals surface area (Å²) in [6.45, 7) is 0.913. The Morgan fingerprint density at radius 3 is 2.55 bits per heavy atom. The first-order valence-electron chi connectivity index (χ1n) is 10.2. The number of hydrogen-bond donors (Lipinski definition) is 1. The van der Waals surface area contributed by atoms with Crippen molar-refractivity contribution < 1.29 is 22.0 Å². The summed E-state index contributed by atoms with van der Waals surface area (Å²) in [6, 6.07) is 10.5. The highest BCUT2D eigenvalue weighted by atomic mass is 79.9. The molecule has 2 fully saturated rings. The normalized spacial score (nSPS) is 23.6. The molecule has 1 heterocycles. The molecule has 4 rings (SSSR count). The van der Waals surface area contributed by atoms with E-state index in [2.05, 4.69) is 20.7 Å². The first-order chi connectivity index (χ1) is 14.8. The summed E-state index contributed by atoms with van der Waals surface area (Å²) in [4.78, 5) is 14.8. The van der Waals surface area contributed by atoms with E-state index in [1.54, 1.807) is 17.0 Å². The number of alkyl halides is 1. The Morgan fingerprint density at radius 1 is 1.13 bits per heavy atom. The molecule has 0 aromatic heterocycles. The molecule has 2 aromatic carbocycles. The number of hydrogen-bond acceptors (Lipinski definition) is 3. The summed E-state index contributed by atoms with van der Waals surface area (Å²) in [5.74, 6) is -1.66. The third kappa shape index (κ3) is 4.83. The molecule has 1 amide bonds. The van der Waals surface area contributed by atoms with Crippen molar-refractivity contribution in [2.24, 2.45) is 5.92 Å². The predicted molar refractivity (Wildman–Crippen MR) is 118 cm³/mol. The van der Waals surface area contributed by atoms with Gasteiger partial charge >= 0.3 is 0 Å². The molecule has 31 heavy (non-hydrogen) atoms. The summed E-state index contributed by atoms with van der Waals surface area (Å²) in [5, 5.41) is 0. The number of benzene rings is 2. The highest BCUT2D eigenvalue weighted by Crippen LogP contribution is 2.51. The topological polar surface area (TPSA) is 66.5 Å². The number of piperidine rings is 1. The monoisotopic (exact) mass is 512 g/mol. The van der Waals surface area contributed by atoms with Gasteiger partial charge in [-0.25, -0.2) is 21.9 Å². The first-order valence-corrected chi connectivity index (χ1v) is 13.0. The van der Waals surface area contributed by atoms with E-state index in [9.17, 15) is 22.0 Å². The summed E-state index contributed by atoms with van der Waals surface area (Å²) in [6.07, 6.45) is 2.01. The van der Waals surface area contributed by atoms with Gasteiger partial charge in [0.2, 0.25) is 15.9 Å². The molecule has 9 heteroatoms. The van der Waals surface area contributed by atoms with Gasteiger partial charge in [-0.3, -0.25) is 4.79 Å². The zero-order valence-electron chi connectivity index (χ0n) is 16.7. The molecule has 1 aliphatic heterocycles. The number of nitrogens with one attached hydrogen (secondary N) is 1. The molecule has 1 saturated carbocycles. The molecular formula is C22H23BrF2N2O3S.